The van der Waals surface area contributed by atoms with E-state index in [0.717, 1.165) is 0 Å². The van der Waals surface area contributed by atoms with E-state index in [-0.39, 0.29) is 4.90 Å². The van der Waals surface area contributed by atoms with Gasteiger partial charge in [-0.2, -0.15) is 0 Å². The number of anilines is 3. The topological polar surface area (TPSA) is 3.24 Å². The monoisotopic (exact) mass is 793 g/mol. The van der Waals surface area contributed by atoms with Gasteiger partial charge in [0.2, 0.25) is 0 Å². The summed E-state index contributed by atoms with van der Waals surface area (Å²) in [6.45, 7) is -8.39. The Kier molecular flexibility index (Phi) is 2.66. The van der Waals surface area contributed by atoms with Crippen LogP contribution in [0.1, 0.15) is 103 Å². The molecule has 0 radical (unpaired) electrons. The lowest BCUT2D eigenvalue weighted by Crippen LogP contribution is -2.28. The summed E-state index contributed by atoms with van der Waals surface area (Å²) in [5.41, 5.74) is -28.7. The second-order valence-corrected chi connectivity index (χ2v) is 13.3. The molecule has 3 aliphatic carbocycles. The molecule has 9 aromatic carbocycles. The van der Waals surface area contributed by atoms with Crippen LogP contribution in [0.25, 0.3) is 55.6 Å². The van der Waals surface area contributed by atoms with Crippen molar-refractivity contribution in [1.29, 1.82) is 0 Å². The first-order valence-electron chi connectivity index (χ1n) is 37.9. The number of nitrogens with zero attached hydrogens (tertiary/aromatic N) is 1. The molecule has 0 unspecified atom stereocenters. The summed E-state index contributed by atoms with van der Waals surface area (Å²) in [5, 5.41) is 0. The molecule has 1 nitrogen and oxygen atoms in total. The third kappa shape index (κ3) is 4.73. The van der Waals surface area contributed by atoms with Gasteiger partial charge in [-0.1, -0.05) is 195 Å². The highest BCUT2D eigenvalue weighted by atomic mass is 15.1. The first-order chi connectivity index (χ1) is 46.1. The lowest BCUT2D eigenvalue weighted by Gasteiger charge is -2.36. The van der Waals surface area contributed by atoms with Crippen LogP contribution >= 0.6 is 0 Å². The van der Waals surface area contributed by atoms with E-state index < -0.39 is 342 Å². The van der Waals surface area contributed by atoms with Gasteiger partial charge in [-0.05, 0) is 114 Å². The van der Waals surface area contributed by atoms with Crippen molar-refractivity contribution in [3.05, 3.63) is 245 Å². The summed E-state index contributed by atoms with van der Waals surface area (Å²) in [4.78, 5) is 0.115. The Morgan fingerprint density at radius 1 is 0.356 bits per heavy atom. The van der Waals surface area contributed by atoms with Crippen molar-refractivity contribution in [2.75, 3.05) is 4.90 Å². The summed E-state index contributed by atoms with van der Waals surface area (Å²) in [5.74, 6) is 0. The first-order valence-corrected chi connectivity index (χ1v) is 17.4. The third-order valence-electron chi connectivity index (χ3n) is 10.3. The van der Waals surface area contributed by atoms with Crippen molar-refractivity contribution in [2.24, 2.45) is 0 Å². The van der Waals surface area contributed by atoms with Crippen LogP contribution in [0, 0.1) is 0 Å². The number of rotatable bonds is 5. The van der Waals surface area contributed by atoms with Gasteiger partial charge in [-0.15, -0.1) is 0 Å². The van der Waals surface area contributed by atoms with Crippen molar-refractivity contribution in [2.45, 2.75) is 24.5 Å². The van der Waals surface area contributed by atoms with Gasteiger partial charge < -0.3 is 4.90 Å². The molecule has 1 heteroatoms. The van der Waals surface area contributed by atoms with Crippen molar-refractivity contribution >= 4 is 17.1 Å². The molecule has 59 heavy (non-hydrogen) atoms. The normalized spacial score (nSPS) is 24.4. The molecular weight excluding hydrogens is 711 g/mol. The van der Waals surface area contributed by atoms with Gasteiger partial charge in [0.05, 0.1) is 59.1 Å². The lowest BCUT2D eigenvalue weighted by atomic mass is 9.70. The van der Waals surface area contributed by atoms with Gasteiger partial charge in [0.25, 0.3) is 0 Å². The summed E-state index contributed by atoms with van der Waals surface area (Å²) < 4.78 is 383. The molecule has 0 saturated heterocycles. The van der Waals surface area contributed by atoms with Gasteiger partial charge in [-0.25, -0.2) is 0 Å². The largest absolute Gasteiger partial charge is 0.310 e. The van der Waals surface area contributed by atoms with Crippen LogP contribution < -0.4 is 4.90 Å². The Balaban J connectivity index is 1.38. The average molecular weight is 793 g/mol. The second-order valence-electron chi connectivity index (χ2n) is 13.3. The zero-order valence-electron chi connectivity index (χ0n) is 70.4. The number of hydrogen-bond donors (Lipinski definition) is 0. The van der Waals surface area contributed by atoms with Gasteiger partial charge in [0, 0.05) is 30.6 Å². The molecule has 0 bridgehead atoms. The predicted molar refractivity (Wildman–Crippen MR) is 246 cm³/mol. The number of benzene rings is 9. The van der Waals surface area contributed by atoms with Crippen LogP contribution in [0.2, 0.25) is 0 Å². The highest BCUT2D eigenvalue weighted by Gasteiger charge is 2.53. The van der Waals surface area contributed by atoms with Crippen LogP contribution in [0.5, 0.6) is 0 Å². The average Bonchev–Trinajstić information content (AvgIpc) is 1.47. The molecule has 0 aromatic heterocycles. The molecule has 12 rings (SSSR count). The molecule has 0 saturated carbocycles. The highest BCUT2D eigenvalue weighted by Crippen LogP contribution is 2.65. The molecule has 9 aromatic rings. The standard InChI is InChI=1S/C58H41N/c1-57(2)50-22-10-6-17-44(50)48-36-35-43(37-54(48)57)59(42-33-31-41(32-34-42)40-29-27-39(28-30-40)38-15-4-3-5-16-38)55-26-14-21-49-47-20-9-13-25-53(47)58(56(49)55)51-23-11-7-18-45(51)46-19-8-12-24-52(46)58/h3-37H,1-2H3/i1D3,2D3,3D,4D,5D,6D,7D,8D,9D,10D,11D,12D,13D,14D,15D,16D,17D,18D,19D,20D,21D,22D,23D,24D,25D,26D,27D,28D,29D,30D,31D,32D,33D,34D,35D,36D,37D. The minimum absolute atomic E-state index is 0.115. The Morgan fingerprint density at radius 2 is 0.780 bits per heavy atom. The summed E-state index contributed by atoms with van der Waals surface area (Å²) in [7, 11) is 0. The summed E-state index contributed by atoms with van der Waals surface area (Å²) >= 11 is 0. The third-order valence-corrected chi connectivity index (χ3v) is 10.3. The van der Waals surface area contributed by atoms with Gasteiger partial charge in [-0.3, -0.25) is 0 Å². The maximum absolute atomic E-state index is 10.5. The molecule has 0 heterocycles. The molecule has 0 amide bonds. The molecule has 0 N–H and O–H groups in total. The van der Waals surface area contributed by atoms with E-state index in [1.165, 1.54) is 0 Å². The maximum Gasteiger partial charge on any atom is 0.0746 e. The zero-order chi connectivity index (χ0) is 74.8. The van der Waals surface area contributed by atoms with E-state index in [2.05, 4.69) is 0 Å². The molecule has 3 aliphatic rings. The summed E-state index contributed by atoms with van der Waals surface area (Å²) in [6, 6.07) is -44.0. The van der Waals surface area contributed by atoms with Gasteiger partial charge >= 0.3 is 0 Å². The second kappa shape index (κ2) is 12.6. The maximum atomic E-state index is 10.5. The fraction of sp³-hybridized carbons (Fsp3) is 0.0690. The van der Waals surface area contributed by atoms with Gasteiger partial charge in [0.1, 0.15) is 0 Å². The zero-order valence-corrected chi connectivity index (χ0v) is 29.4. The Bertz CT molecular complexity index is 5210. The molecule has 0 fully saturated rings. The Hall–Kier alpha value is -7.22. The van der Waals surface area contributed by atoms with E-state index >= 15 is 0 Å². The van der Waals surface area contributed by atoms with Crippen molar-refractivity contribution in [1.82, 2.24) is 0 Å². The molecule has 278 valence electrons. The van der Waals surface area contributed by atoms with Crippen molar-refractivity contribution in [3.8, 4) is 55.6 Å². The minimum Gasteiger partial charge on any atom is -0.310 e. The smallest absolute Gasteiger partial charge is 0.0746 e. The quantitative estimate of drug-likeness (QED) is 0.168. The van der Waals surface area contributed by atoms with Crippen LogP contribution in [0.3, 0.4) is 0 Å². The van der Waals surface area contributed by atoms with E-state index in [1.807, 2.05) is 0 Å². The van der Waals surface area contributed by atoms with E-state index in [9.17, 15) is 41.1 Å². The van der Waals surface area contributed by atoms with Crippen molar-refractivity contribution < 1.29 is 56.2 Å². The van der Waals surface area contributed by atoms with Crippen LogP contribution in [0.15, 0.2) is 211 Å². The molecule has 0 atom stereocenters. The van der Waals surface area contributed by atoms with Crippen LogP contribution in [0.4, 0.5) is 17.1 Å². The molecule has 1 spiro atoms. The van der Waals surface area contributed by atoms with Crippen molar-refractivity contribution in [3.63, 3.8) is 0 Å². The minimum atomic E-state index is -4.20. The Morgan fingerprint density at radius 3 is 1.36 bits per heavy atom. The van der Waals surface area contributed by atoms with Crippen LogP contribution in [-0.2, 0) is 10.8 Å². The van der Waals surface area contributed by atoms with Crippen LogP contribution in [-0.4, -0.2) is 0 Å². The highest BCUT2D eigenvalue weighted by molar-refractivity contribution is 6.00. The summed E-state index contributed by atoms with van der Waals surface area (Å²) in [6.07, 6.45) is 0. The fourth-order valence-corrected chi connectivity index (χ4v) is 7.91. The Labute approximate surface area is 404 Å². The molecule has 0 aliphatic heterocycles. The van der Waals surface area contributed by atoms with E-state index in [4.69, 9.17) is 15.1 Å². The number of hydrogen-bond acceptors (Lipinski definition) is 1. The predicted octanol–water partition coefficient (Wildman–Crippen LogP) is 15.1. The fourth-order valence-electron chi connectivity index (χ4n) is 7.91. The first kappa shape index (κ1) is 12.4. The molecular formula is C58H41N. The van der Waals surface area contributed by atoms with E-state index in [0.29, 0.717) is 0 Å². The van der Waals surface area contributed by atoms with E-state index in [1.54, 1.807) is 0 Å². The SMILES string of the molecule is [2H]c1c([2H])c([2H])c(-c2c([2H])c([2H])c(-c3c([2H])c([2H])c(N(c4c([2H])c([2H])c5c(c4[2H])C(C([2H])([2H])[2H])(C([2H])([2H])[2H])c4c([2H])c([2H])c([2H])c([2H])c4-5)c4c([2H])c([2H])c([2H])c5c4C4(c6c([2H])c([2H])c([2H])c([2H])c6-c6c([2H])c([2H])c([2H])c([2H])c64)c4c([2H])c([2H])c([2H])c([2H])c4-5)c([2H])c3[2H])c([2H])c2[2H])c([2H])c1[2H]. The van der Waals surface area contributed by atoms with Gasteiger partial charge in [0.15, 0.2) is 0 Å². The lowest BCUT2D eigenvalue weighted by molar-refractivity contribution is 0.660. The number of fused-ring (bicyclic) bond motifs is 13.